The lowest BCUT2D eigenvalue weighted by molar-refractivity contribution is -0.136. The highest BCUT2D eigenvalue weighted by Gasteiger charge is 2.24. The summed E-state index contributed by atoms with van der Waals surface area (Å²) in [5, 5.41) is 11.6. The summed E-state index contributed by atoms with van der Waals surface area (Å²) in [5.74, 6) is -0.217. The minimum Gasteiger partial charge on any atom is -0.482 e. The normalized spacial score (nSPS) is 13.7. The van der Waals surface area contributed by atoms with Crippen LogP contribution < -0.4 is 15.0 Å². The molecular weight excluding hydrogens is 260 g/mol. The number of fused-ring (bicyclic) bond motifs is 1. The summed E-state index contributed by atoms with van der Waals surface area (Å²) in [4.78, 5) is 24.1. The SMILES string of the molecule is CCCN1C(=O)COc2ccc(NCCC(=O)O)cc21. The number of nitrogens with zero attached hydrogens (tertiary/aromatic N) is 1. The Hall–Kier alpha value is -2.24. The van der Waals surface area contributed by atoms with Gasteiger partial charge in [0.2, 0.25) is 0 Å². The summed E-state index contributed by atoms with van der Waals surface area (Å²) in [6.45, 7) is 3.07. The first-order valence-corrected chi connectivity index (χ1v) is 6.64. The number of nitrogens with one attached hydrogen (secondary N) is 1. The van der Waals surface area contributed by atoms with Gasteiger partial charge in [-0.1, -0.05) is 6.92 Å². The first kappa shape index (κ1) is 14.2. The third kappa shape index (κ3) is 3.20. The average Bonchev–Trinajstić information content (AvgIpc) is 2.42. The van der Waals surface area contributed by atoms with Crippen molar-refractivity contribution in [3.8, 4) is 5.75 Å². The minimum atomic E-state index is -0.846. The Morgan fingerprint density at radius 2 is 2.30 bits per heavy atom. The third-order valence-corrected chi connectivity index (χ3v) is 3.02. The van der Waals surface area contributed by atoms with Crippen LogP contribution in [0.1, 0.15) is 19.8 Å². The van der Waals surface area contributed by atoms with Crippen LogP contribution in [0.2, 0.25) is 0 Å². The Bertz CT molecular complexity index is 516. The van der Waals surface area contributed by atoms with Crippen LogP contribution in [0.25, 0.3) is 0 Å². The number of anilines is 2. The summed E-state index contributed by atoms with van der Waals surface area (Å²) in [6, 6.07) is 5.44. The van der Waals surface area contributed by atoms with Crippen LogP contribution in [0.4, 0.5) is 11.4 Å². The van der Waals surface area contributed by atoms with Gasteiger partial charge in [-0.3, -0.25) is 9.59 Å². The van der Waals surface area contributed by atoms with Crippen molar-refractivity contribution in [3.63, 3.8) is 0 Å². The molecule has 2 N–H and O–H groups in total. The number of aliphatic carboxylic acids is 1. The van der Waals surface area contributed by atoms with Crippen LogP contribution in [-0.2, 0) is 9.59 Å². The van der Waals surface area contributed by atoms with Gasteiger partial charge in [0.15, 0.2) is 6.61 Å². The first-order chi connectivity index (χ1) is 9.61. The van der Waals surface area contributed by atoms with Gasteiger partial charge in [-0.15, -0.1) is 0 Å². The Kier molecular flexibility index (Phi) is 4.45. The number of rotatable bonds is 6. The van der Waals surface area contributed by atoms with Crippen LogP contribution in [0.3, 0.4) is 0 Å². The van der Waals surface area contributed by atoms with Gasteiger partial charge >= 0.3 is 5.97 Å². The van der Waals surface area contributed by atoms with Gasteiger partial charge in [-0.2, -0.15) is 0 Å². The van der Waals surface area contributed by atoms with Gasteiger partial charge in [0, 0.05) is 18.8 Å². The molecule has 20 heavy (non-hydrogen) atoms. The Balaban J connectivity index is 2.15. The zero-order chi connectivity index (χ0) is 14.5. The Morgan fingerprint density at radius 1 is 1.50 bits per heavy atom. The molecule has 2 rings (SSSR count). The summed E-state index contributed by atoms with van der Waals surface area (Å²) < 4.78 is 5.40. The molecule has 1 heterocycles. The maximum atomic E-state index is 11.9. The molecule has 1 aromatic rings. The molecule has 0 saturated carbocycles. The molecule has 0 aliphatic carbocycles. The van der Waals surface area contributed by atoms with E-state index in [1.165, 1.54) is 0 Å². The number of ether oxygens (including phenoxy) is 1. The standard InChI is InChI=1S/C14H18N2O4/c1-2-7-16-11-8-10(15-6-5-14(18)19)3-4-12(11)20-9-13(16)17/h3-4,8,15H,2,5-7,9H2,1H3,(H,18,19). The van der Waals surface area contributed by atoms with E-state index in [9.17, 15) is 9.59 Å². The smallest absolute Gasteiger partial charge is 0.305 e. The molecular formula is C14H18N2O4. The zero-order valence-corrected chi connectivity index (χ0v) is 11.4. The second kappa shape index (κ2) is 6.27. The largest absolute Gasteiger partial charge is 0.482 e. The minimum absolute atomic E-state index is 0.0468. The van der Waals surface area contributed by atoms with Gasteiger partial charge in [0.25, 0.3) is 5.91 Å². The number of carboxylic acids is 1. The highest BCUT2D eigenvalue weighted by molar-refractivity contribution is 5.98. The molecule has 0 fully saturated rings. The quantitative estimate of drug-likeness (QED) is 0.828. The predicted molar refractivity (Wildman–Crippen MR) is 75.3 cm³/mol. The van der Waals surface area contributed by atoms with Crippen LogP contribution in [0.5, 0.6) is 5.75 Å². The fourth-order valence-corrected chi connectivity index (χ4v) is 2.09. The topological polar surface area (TPSA) is 78.9 Å². The van der Waals surface area contributed by atoms with Crippen LogP contribution in [0.15, 0.2) is 18.2 Å². The molecule has 6 nitrogen and oxygen atoms in total. The molecule has 1 aliphatic heterocycles. The number of hydrogen-bond donors (Lipinski definition) is 2. The molecule has 1 amide bonds. The van der Waals surface area contributed by atoms with Gasteiger partial charge < -0.3 is 20.1 Å². The average molecular weight is 278 g/mol. The molecule has 1 aromatic carbocycles. The lowest BCUT2D eigenvalue weighted by Crippen LogP contribution is -2.39. The highest BCUT2D eigenvalue weighted by Crippen LogP contribution is 2.34. The van der Waals surface area contributed by atoms with E-state index >= 15 is 0 Å². The lowest BCUT2D eigenvalue weighted by atomic mass is 10.2. The van der Waals surface area contributed by atoms with Crippen molar-refractivity contribution in [2.45, 2.75) is 19.8 Å². The molecule has 0 bridgehead atoms. The van der Waals surface area contributed by atoms with E-state index in [0.717, 1.165) is 17.8 Å². The van der Waals surface area contributed by atoms with Crippen molar-refractivity contribution in [2.75, 3.05) is 29.9 Å². The number of carbonyl (C=O) groups excluding carboxylic acids is 1. The first-order valence-electron chi connectivity index (χ1n) is 6.64. The van der Waals surface area contributed by atoms with E-state index < -0.39 is 5.97 Å². The van der Waals surface area contributed by atoms with Crippen LogP contribution in [-0.4, -0.2) is 36.7 Å². The fraction of sp³-hybridized carbons (Fsp3) is 0.429. The van der Waals surface area contributed by atoms with E-state index in [4.69, 9.17) is 9.84 Å². The van der Waals surface area contributed by atoms with Crippen molar-refractivity contribution in [3.05, 3.63) is 18.2 Å². The van der Waals surface area contributed by atoms with Crippen molar-refractivity contribution in [1.29, 1.82) is 0 Å². The monoisotopic (exact) mass is 278 g/mol. The molecule has 0 aromatic heterocycles. The van der Waals surface area contributed by atoms with E-state index in [2.05, 4.69) is 5.32 Å². The summed E-state index contributed by atoms with van der Waals surface area (Å²) >= 11 is 0. The molecule has 0 atom stereocenters. The molecule has 0 saturated heterocycles. The van der Waals surface area contributed by atoms with Crippen molar-refractivity contribution in [1.82, 2.24) is 0 Å². The second-order valence-electron chi connectivity index (χ2n) is 4.59. The Labute approximate surface area is 117 Å². The maximum Gasteiger partial charge on any atom is 0.305 e. The van der Waals surface area contributed by atoms with E-state index in [1.807, 2.05) is 19.1 Å². The zero-order valence-electron chi connectivity index (χ0n) is 11.4. The van der Waals surface area contributed by atoms with Gasteiger partial charge in [0.1, 0.15) is 5.75 Å². The molecule has 0 spiro atoms. The molecule has 0 unspecified atom stereocenters. The lowest BCUT2D eigenvalue weighted by Gasteiger charge is -2.29. The Morgan fingerprint density at radius 3 is 3.00 bits per heavy atom. The number of amides is 1. The highest BCUT2D eigenvalue weighted by atomic mass is 16.5. The van der Waals surface area contributed by atoms with Gasteiger partial charge in [0.05, 0.1) is 12.1 Å². The molecule has 0 radical (unpaired) electrons. The van der Waals surface area contributed by atoms with Crippen molar-refractivity contribution in [2.24, 2.45) is 0 Å². The number of benzene rings is 1. The summed E-state index contributed by atoms with van der Waals surface area (Å²) in [6.07, 6.45) is 0.910. The number of carboxylic acid groups (broad SMARTS) is 1. The van der Waals surface area contributed by atoms with Gasteiger partial charge in [-0.05, 0) is 24.6 Å². The summed E-state index contributed by atoms with van der Waals surface area (Å²) in [7, 11) is 0. The van der Waals surface area contributed by atoms with Gasteiger partial charge in [-0.25, -0.2) is 0 Å². The number of hydrogen-bond acceptors (Lipinski definition) is 4. The van der Waals surface area contributed by atoms with E-state index in [-0.39, 0.29) is 18.9 Å². The van der Waals surface area contributed by atoms with Crippen LogP contribution >= 0.6 is 0 Å². The molecule has 6 heteroatoms. The number of carbonyl (C=O) groups is 2. The van der Waals surface area contributed by atoms with E-state index in [1.54, 1.807) is 11.0 Å². The second-order valence-corrected chi connectivity index (χ2v) is 4.59. The van der Waals surface area contributed by atoms with Crippen molar-refractivity contribution >= 4 is 23.3 Å². The fourth-order valence-electron chi connectivity index (χ4n) is 2.09. The van der Waals surface area contributed by atoms with E-state index in [0.29, 0.717) is 18.8 Å². The molecule has 1 aliphatic rings. The van der Waals surface area contributed by atoms with Crippen LogP contribution in [0, 0.1) is 0 Å². The van der Waals surface area contributed by atoms with Crippen molar-refractivity contribution < 1.29 is 19.4 Å². The molecule has 108 valence electrons. The third-order valence-electron chi connectivity index (χ3n) is 3.02. The summed E-state index contributed by atoms with van der Waals surface area (Å²) in [5.41, 5.74) is 1.52. The maximum absolute atomic E-state index is 11.9. The predicted octanol–water partition coefficient (Wildman–Crippen LogP) is 1.71.